The maximum absolute atomic E-state index is 14.5. The van der Waals surface area contributed by atoms with Gasteiger partial charge in [0, 0.05) is 41.9 Å². The van der Waals surface area contributed by atoms with E-state index in [1.807, 2.05) is 4.90 Å². The SMILES string of the molecule is CS(=O)(=O)c1ccc2nc(-c3cccc(C(F)(F)F)c3)c(CN3CCC(NCCO)CC3)c(C(=O)NC(c3ccccc3)C(F)(F)F)c2c1. The fourth-order valence-corrected chi connectivity index (χ4v) is 6.64. The molecule has 0 saturated carbocycles. The first-order valence-corrected chi connectivity index (χ1v) is 17.3. The normalized spacial score (nSPS) is 15.8. The Labute approximate surface area is 279 Å². The highest BCUT2D eigenvalue weighted by Gasteiger charge is 2.42. The molecular formula is C34H34F6N4O4S. The third-order valence-corrected chi connectivity index (χ3v) is 9.54. The van der Waals surface area contributed by atoms with Crippen LogP contribution >= 0.6 is 0 Å². The Bertz CT molecular complexity index is 1910. The molecule has 15 heteroatoms. The highest BCUT2D eigenvalue weighted by molar-refractivity contribution is 7.90. The van der Waals surface area contributed by atoms with Crippen molar-refractivity contribution < 1.29 is 44.7 Å². The third kappa shape index (κ3) is 8.58. The van der Waals surface area contributed by atoms with Gasteiger partial charge in [-0.15, -0.1) is 0 Å². The Kier molecular flexibility index (Phi) is 10.7. The Balaban J connectivity index is 1.73. The van der Waals surface area contributed by atoms with Crippen LogP contribution in [0.25, 0.3) is 22.2 Å². The molecule has 262 valence electrons. The first kappa shape index (κ1) is 36.2. The van der Waals surface area contributed by atoms with Crippen molar-refractivity contribution in [2.24, 2.45) is 0 Å². The summed E-state index contributed by atoms with van der Waals surface area (Å²) in [7, 11) is -3.86. The van der Waals surface area contributed by atoms with E-state index in [9.17, 15) is 44.7 Å². The zero-order valence-electron chi connectivity index (χ0n) is 26.3. The van der Waals surface area contributed by atoms with Crippen LogP contribution in [0.3, 0.4) is 0 Å². The first-order chi connectivity index (χ1) is 23.1. The fraction of sp³-hybridized carbons (Fsp3) is 0.353. The van der Waals surface area contributed by atoms with Crippen LogP contribution in [0.4, 0.5) is 26.3 Å². The molecule has 1 aromatic heterocycles. The summed E-state index contributed by atoms with van der Waals surface area (Å²) in [6.45, 7) is 1.13. The van der Waals surface area contributed by atoms with Gasteiger partial charge in [0.2, 0.25) is 0 Å². The lowest BCUT2D eigenvalue weighted by molar-refractivity contribution is -0.155. The number of aliphatic hydroxyl groups is 1. The lowest BCUT2D eigenvalue weighted by atomic mass is 9.93. The first-order valence-electron chi connectivity index (χ1n) is 15.4. The summed E-state index contributed by atoms with van der Waals surface area (Å²) < 4.78 is 110. The van der Waals surface area contributed by atoms with Crippen molar-refractivity contribution in [3.05, 3.63) is 95.1 Å². The highest BCUT2D eigenvalue weighted by Crippen LogP contribution is 2.38. The van der Waals surface area contributed by atoms with Crippen molar-refractivity contribution in [3.63, 3.8) is 0 Å². The number of pyridine rings is 1. The second kappa shape index (κ2) is 14.4. The van der Waals surface area contributed by atoms with Gasteiger partial charge in [-0.05, 0) is 61.8 Å². The zero-order chi connectivity index (χ0) is 35.6. The van der Waals surface area contributed by atoms with Crippen LogP contribution in [0.1, 0.15) is 45.9 Å². The number of rotatable bonds is 10. The van der Waals surface area contributed by atoms with Gasteiger partial charge in [0.05, 0.1) is 33.8 Å². The number of nitrogens with zero attached hydrogens (tertiary/aromatic N) is 2. The van der Waals surface area contributed by atoms with Gasteiger partial charge < -0.3 is 15.7 Å². The number of hydrogen-bond acceptors (Lipinski definition) is 7. The summed E-state index contributed by atoms with van der Waals surface area (Å²) in [4.78, 5) is 20.6. The molecule has 4 aromatic rings. The van der Waals surface area contributed by atoms with Crippen LogP contribution in [-0.2, 0) is 22.6 Å². The standard InChI is InChI=1S/C34H34F6N4O4S/c1-49(47,48)25-10-11-28-26(19-25)29(32(46)43-31(34(38,39)40)21-6-3-2-4-7-21)27(20-44-15-12-24(13-16-44)41-14-17-45)30(42-28)22-8-5-9-23(18-22)33(35,36)37/h2-11,18-19,24,31,41,45H,12-17,20H2,1H3,(H,43,46). The minimum Gasteiger partial charge on any atom is -0.395 e. The van der Waals surface area contributed by atoms with Gasteiger partial charge in [-0.25, -0.2) is 13.4 Å². The number of nitrogens with one attached hydrogen (secondary N) is 2. The molecule has 5 rings (SSSR count). The van der Waals surface area contributed by atoms with Crippen molar-refractivity contribution in [3.8, 4) is 11.3 Å². The third-order valence-electron chi connectivity index (χ3n) is 8.43. The van der Waals surface area contributed by atoms with E-state index in [2.05, 4.69) is 15.6 Å². The molecule has 1 unspecified atom stereocenters. The highest BCUT2D eigenvalue weighted by atomic mass is 32.2. The number of sulfone groups is 1. The Hall–Kier alpha value is -4.05. The monoisotopic (exact) mass is 708 g/mol. The van der Waals surface area contributed by atoms with Crippen molar-refractivity contribution >= 4 is 26.6 Å². The molecule has 2 heterocycles. The molecule has 3 aromatic carbocycles. The number of amides is 1. The number of likely N-dealkylation sites (tertiary alicyclic amines) is 1. The maximum Gasteiger partial charge on any atom is 0.416 e. The summed E-state index contributed by atoms with van der Waals surface area (Å²) in [5, 5.41) is 14.4. The number of halogens is 6. The molecule has 8 nitrogen and oxygen atoms in total. The average Bonchev–Trinajstić information content (AvgIpc) is 3.05. The van der Waals surface area contributed by atoms with E-state index in [0.717, 1.165) is 24.5 Å². The number of piperidine rings is 1. The molecule has 1 fully saturated rings. The van der Waals surface area contributed by atoms with E-state index < -0.39 is 39.7 Å². The van der Waals surface area contributed by atoms with E-state index >= 15 is 0 Å². The number of fused-ring (bicyclic) bond motifs is 1. The van der Waals surface area contributed by atoms with E-state index in [1.165, 1.54) is 54.6 Å². The number of hydrogen-bond donors (Lipinski definition) is 3. The predicted molar refractivity (Wildman–Crippen MR) is 171 cm³/mol. The van der Waals surface area contributed by atoms with E-state index in [4.69, 9.17) is 0 Å². The van der Waals surface area contributed by atoms with Gasteiger partial charge >= 0.3 is 12.4 Å². The number of aromatic nitrogens is 1. The van der Waals surface area contributed by atoms with Gasteiger partial charge in [0.15, 0.2) is 15.9 Å². The molecule has 3 N–H and O–H groups in total. The second-order valence-electron chi connectivity index (χ2n) is 11.9. The molecule has 1 atom stereocenters. The van der Waals surface area contributed by atoms with Gasteiger partial charge in [-0.3, -0.25) is 9.69 Å². The van der Waals surface area contributed by atoms with Crippen LogP contribution in [0.2, 0.25) is 0 Å². The quantitative estimate of drug-likeness (QED) is 0.176. The minimum atomic E-state index is -4.94. The zero-order valence-corrected chi connectivity index (χ0v) is 27.1. The molecule has 0 radical (unpaired) electrons. The molecule has 1 saturated heterocycles. The van der Waals surface area contributed by atoms with Gasteiger partial charge in [-0.2, -0.15) is 26.3 Å². The molecule has 0 aliphatic carbocycles. The van der Waals surface area contributed by atoms with Crippen LogP contribution in [-0.4, -0.2) is 74.0 Å². The molecular weight excluding hydrogens is 674 g/mol. The summed E-state index contributed by atoms with van der Waals surface area (Å²) in [6, 6.07) is 12.2. The van der Waals surface area contributed by atoms with Gasteiger partial charge in [-0.1, -0.05) is 42.5 Å². The van der Waals surface area contributed by atoms with Crippen LogP contribution in [0.15, 0.2) is 77.7 Å². The van der Waals surface area contributed by atoms with Crippen LogP contribution in [0, 0.1) is 0 Å². The van der Waals surface area contributed by atoms with Gasteiger partial charge in [0.1, 0.15) is 0 Å². The molecule has 1 aliphatic rings. The lowest BCUT2D eigenvalue weighted by Crippen LogP contribution is -2.43. The van der Waals surface area contributed by atoms with Crippen LogP contribution in [0.5, 0.6) is 0 Å². The Morgan fingerprint density at radius 1 is 0.980 bits per heavy atom. The Morgan fingerprint density at radius 2 is 1.67 bits per heavy atom. The van der Waals surface area contributed by atoms with Gasteiger partial charge in [0.25, 0.3) is 5.91 Å². The number of benzene rings is 3. The minimum absolute atomic E-state index is 0.00360. The van der Waals surface area contributed by atoms with Crippen LogP contribution < -0.4 is 10.6 Å². The van der Waals surface area contributed by atoms with E-state index in [1.54, 1.807) is 0 Å². The summed E-state index contributed by atoms with van der Waals surface area (Å²) in [5.74, 6) is -1.20. The Morgan fingerprint density at radius 3 is 2.29 bits per heavy atom. The molecule has 0 bridgehead atoms. The lowest BCUT2D eigenvalue weighted by Gasteiger charge is -2.33. The summed E-state index contributed by atoms with van der Waals surface area (Å²) in [5.41, 5.74) is -1.60. The summed E-state index contributed by atoms with van der Waals surface area (Å²) >= 11 is 0. The average molecular weight is 709 g/mol. The number of alkyl halides is 6. The summed E-state index contributed by atoms with van der Waals surface area (Å²) in [6.07, 6.45) is -7.50. The topological polar surface area (TPSA) is 112 Å². The molecule has 1 amide bonds. The molecule has 49 heavy (non-hydrogen) atoms. The predicted octanol–water partition coefficient (Wildman–Crippen LogP) is 5.90. The number of aliphatic hydroxyl groups excluding tert-OH is 1. The number of carbonyl (C=O) groups excluding carboxylic acids is 1. The second-order valence-corrected chi connectivity index (χ2v) is 13.9. The smallest absolute Gasteiger partial charge is 0.395 e. The molecule has 0 spiro atoms. The van der Waals surface area contributed by atoms with E-state index in [0.29, 0.717) is 32.5 Å². The van der Waals surface area contributed by atoms with Crippen molar-refractivity contribution in [2.75, 3.05) is 32.5 Å². The van der Waals surface area contributed by atoms with E-state index in [-0.39, 0.29) is 62.9 Å². The fourth-order valence-electron chi connectivity index (χ4n) is 6.00. The van der Waals surface area contributed by atoms with Crippen molar-refractivity contribution in [2.45, 2.75) is 48.7 Å². The van der Waals surface area contributed by atoms with Crippen molar-refractivity contribution in [1.82, 2.24) is 20.5 Å². The maximum atomic E-state index is 14.5. The largest absolute Gasteiger partial charge is 0.416 e. The molecule has 1 aliphatic heterocycles. The number of carbonyl (C=O) groups is 1. The van der Waals surface area contributed by atoms with Crippen molar-refractivity contribution in [1.29, 1.82) is 0 Å².